The van der Waals surface area contributed by atoms with Gasteiger partial charge in [-0.15, -0.1) is 11.8 Å². The second-order valence-electron chi connectivity index (χ2n) is 4.52. The second-order valence-corrected chi connectivity index (χ2v) is 6.46. The average molecular weight is 329 g/mol. The molecule has 18 heavy (non-hydrogen) atoms. The Labute approximate surface area is 120 Å². The van der Waals surface area contributed by atoms with Crippen molar-refractivity contribution in [2.45, 2.75) is 25.4 Å². The number of hydrogen-bond donors (Lipinski definition) is 2. The van der Waals surface area contributed by atoms with Crippen LogP contribution < -0.4 is 10.6 Å². The Balaban J connectivity index is 1.84. The lowest BCUT2D eigenvalue weighted by Gasteiger charge is -2.17. The van der Waals surface area contributed by atoms with Crippen molar-refractivity contribution >= 4 is 33.6 Å². The quantitative estimate of drug-likeness (QED) is 0.889. The molecule has 0 radical (unpaired) electrons. The van der Waals surface area contributed by atoms with Crippen molar-refractivity contribution < 1.29 is 4.79 Å². The Hall–Kier alpha value is -0.520. The molecule has 98 valence electrons. The van der Waals surface area contributed by atoms with Crippen LogP contribution in [0.1, 0.15) is 12.5 Å². The van der Waals surface area contributed by atoms with E-state index < -0.39 is 0 Å². The molecule has 1 aliphatic rings. The molecule has 2 rings (SSSR count). The molecule has 5 heteroatoms. The Kier molecular flexibility index (Phi) is 5.09. The summed E-state index contributed by atoms with van der Waals surface area (Å²) in [6, 6.07) is 8.32. The summed E-state index contributed by atoms with van der Waals surface area (Å²) in [6.45, 7) is 2.04. The van der Waals surface area contributed by atoms with Crippen molar-refractivity contribution in [2.24, 2.45) is 0 Å². The third-order valence-electron chi connectivity index (χ3n) is 2.85. The van der Waals surface area contributed by atoms with Gasteiger partial charge in [-0.1, -0.05) is 28.1 Å². The van der Waals surface area contributed by atoms with Crippen molar-refractivity contribution in [3.8, 4) is 0 Å². The lowest BCUT2D eigenvalue weighted by atomic mass is 10.1. The molecule has 1 aromatic rings. The highest BCUT2D eigenvalue weighted by molar-refractivity contribution is 9.10. The summed E-state index contributed by atoms with van der Waals surface area (Å²) < 4.78 is 1.08. The molecule has 1 aromatic carbocycles. The SMILES string of the molecule is CC(Cc1cccc(Br)c1)NC(=O)C1CSCN1. The maximum atomic E-state index is 11.9. The molecular formula is C13H17BrN2OS. The van der Waals surface area contributed by atoms with Gasteiger partial charge in [-0.2, -0.15) is 0 Å². The third kappa shape index (κ3) is 4.00. The minimum Gasteiger partial charge on any atom is -0.352 e. The number of carbonyl (C=O) groups excluding carboxylic acids is 1. The van der Waals surface area contributed by atoms with Gasteiger partial charge >= 0.3 is 0 Å². The van der Waals surface area contributed by atoms with E-state index in [0.717, 1.165) is 22.5 Å². The summed E-state index contributed by atoms with van der Waals surface area (Å²) in [6.07, 6.45) is 0.852. The molecule has 3 nitrogen and oxygen atoms in total. The van der Waals surface area contributed by atoms with Crippen LogP contribution in [0.2, 0.25) is 0 Å². The summed E-state index contributed by atoms with van der Waals surface area (Å²) in [7, 11) is 0. The van der Waals surface area contributed by atoms with E-state index in [1.165, 1.54) is 5.56 Å². The number of hydrogen-bond acceptors (Lipinski definition) is 3. The van der Waals surface area contributed by atoms with Gasteiger partial charge in [-0.25, -0.2) is 0 Å². The van der Waals surface area contributed by atoms with Crippen LogP contribution in [0.5, 0.6) is 0 Å². The first-order valence-corrected chi connectivity index (χ1v) is 7.96. The first-order chi connectivity index (χ1) is 8.65. The summed E-state index contributed by atoms with van der Waals surface area (Å²) in [5, 5.41) is 6.24. The molecule has 0 saturated carbocycles. The van der Waals surface area contributed by atoms with Gasteiger partial charge in [0, 0.05) is 22.1 Å². The maximum absolute atomic E-state index is 11.9. The van der Waals surface area contributed by atoms with Crippen LogP contribution in [-0.2, 0) is 11.2 Å². The van der Waals surface area contributed by atoms with Crippen molar-refractivity contribution in [1.82, 2.24) is 10.6 Å². The van der Waals surface area contributed by atoms with Gasteiger partial charge in [0.1, 0.15) is 0 Å². The zero-order chi connectivity index (χ0) is 13.0. The van der Waals surface area contributed by atoms with Gasteiger partial charge < -0.3 is 5.32 Å². The van der Waals surface area contributed by atoms with E-state index in [9.17, 15) is 4.79 Å². The zero-order valence-corrected chi connectivity index (χ0v) is 12.7. The second kappa shape index (κ2) is 6.59. The topological polar surface area (TPSA) is 41.1 Å². The molecule has 1 aliphatic heterocycles. The van der Waals surface area contributed by atoms with E-state index in [2.05, 4.69) is 38.7 Å². The van der Waals surface area contributed by atoms with E-state index in [0.29, 0.717) is 0 Å². The molecule has 2 atom stereocenters. The number of benzene rings is 1. The Bertz CT molecular complexity index is 421. The van der Waals surface area contributed by atoms with Gasteiger partial charge in [0.25, 0.3) is 0 Å². The molecule has 0 bridgehead atoms. The van der Waals surface area contributed by atoms with Crippen molar-refractivity contribution in [3.63, 3.8) is 0 Å². The molecule has 1 fully saturated rings. The van der Waals surface area contributed by atoms with Crippen LogP contribution in [0.3, 0.4) is 0 Å². The molecular weight excluding hydrogens is 312 g/mol. The number of halogens is 1. The van der Waals surface area contributed by atoms with Crippen LogP contribution in [0.15, 0.2) is 28.7 Å². The molecule has 2 N–H and O–H groups in total. The lowest BCUT2D eigenvalue weighted by Crippen LogP contribution is -2.46. The van der Waals surface area contributed by atoms with Crippen LogP contribution in [0.25, 0.3) is 0 Å². The summed E-state index contributed by atoms with van der Waals surface area (Å²) in [4.78, 5) is 11.9. The van der Waals surface area contributed by atoms with Crippen molar-refractivity contribution in [1.29, 1.82) is 0 Å². The number of thioether (sulfide) groups is 1. The highest BCUT2D eigenvalue weighted by Crippen LogP contribution is 2.13. The van der Waals surface area contributed by atoms with E-state index in [1.54, 1.807) is 11.8 Å². The van der Waals surface area contributed by atoms with E-state index in [4.69, 9.17) is 0 Å². The highest BCUT2D eigenvalue weighted by atomic mass is 79.9. The average Bonchev–Trinajstić information content (AvgIpc) is 2.81. The van der Waals surface area contributed by atoms with Crippen LogP contribution >= 0.6 is 27.7 Å². The van der Waals surface area contributed by atoms with Crippen LogP contribution in [-0.4, -0.2) is 29.6 Å². The molecule has 0 spiro atoms. The van der Waals surface area contributed by atoms with Gasteiger partial charge in [-0.3, -0.25) is 10.1 Å². The Morgan fingerprint density at radius 1 is 1.67 bits per heavy atom. The van der Waals surface area contributed by atoms with E-state index >= 15 is 0 Å². The van der Waals surface area contributed by atoms with Crippen molar-refractivity contribution in [3.05, 3.63) is 34.3 Å². The van der Waals surface area contributed by atoms with E-state index in [-0.39, 0.29) is 18.0 Å². The molecule has 1 saturated heterocycles. The summed E-state index contributed by atoms with van der Waals surface area (Å²) >= 11 is 5.22. The number of amides is 1. The summed E-state index contributed by atoms with van der Waals surface area (Å²) in [5.74, 6) is 1.86. The maximum Gasteiger partial charge on any atom is 0.238 e. The molecule has 0 aliphatic carbocycles. The van der Waals surface area contributed by atoms with Crippen LogP contribution in [0, 0.1) is 0 Å². The monoisotopic (exact) mass is 328 g/mol. The Morgan fingerprint density at radius 2 is 2.50 bits per heavy atom. The minimum atomic E-state index is -0.0278. The molecule has 0 aromatic heterocycles. The first-order valence-electron chi connectivity index (χ1n) is 6.01. The number of nitrogens with one attached hydrogen (secondary N) is 2. The van der Waals surface area contributed by atoms with Gasteiger partial charge in [0.2, 0.25) is 5.91 Å². The van der Waals surface area contributed by atoms with Crippen molar-refractivity contribution in [2.75, 3.05) is 11.6 Å². The van der Waals surface area contributed by atoms with Gasteiger partial charge in [0.15, 0.2) is 0 Å². The molecule has 1 amide bonds. The first kappa shape index (κ1) is 13.9. The lowest BCUT2D eigenvalue weighted by molar-refractivity contribution is -0.123. The van der Waals surface area contributed by atoms with Crippen LogP contribution in [0.4, 0.5) is 0 Å². The number of rotatable bonds is 4. The number of carbonyl (C=O) groups is 1. The normalized spacial score (nSPS) is 20.7. The Morgan fingerprint density at radius 3 is 3.17 bits per heavy atom. The van der Waals surface area contributed by atoms with Gasteiger partial charge in [-0.05, 0) is 31.0 Å². The van der Waals surface area contributed by atoms with Gasteiger partial charge in [0.05, 0.1) is 6.04 Å². The fraction of sp³-hybridized carbons (Fsp3) is 0.462. The smallest absolute Gasteiger partial charge is 0.238 e. The third-order valence-corrected chi connectivity index (χ3v) is 4.29. The molecule has 2 unspecified atom stereocenters. The molecule has 1 heterocycles. The predicted molar refractivity (Wildman–Crippen MR) is 79.7 cm³/mol. The fourth-order valence-electron chi connectivity index (χ4n) is 1.98. The highest BCUT2D eigenvalue weighted by Gasteiger charge is 2.23. The minimum absolute atomic E-state index is 0.0278. The fourth-order valence-corrected chi connectivity index (χ4v) is 3.36. The van der Waals surface area contributed by atoms with E-state index in [1.807, 2.05) is 19.1 Å². The largest absolute Gasteiger partial charge is 0.352 e. The standard InChI is InChI=1S/C13H17BrN2OS/c1-9(5-10-3-2-4-11(14)6-10)16-13(17)12-7-18-8-15-12/h2-4,6,9,12,15H,5,7-8H2,1H3,(H,16,17). The zero-order valence-electron chi connectivity index (χ0n) is 10.3. The summed E-state index contributed by atoms with van der Waals surface area (Å²) in [5.41, 5.74) is 1.23. The predicted octanol–water partition coefficient (Wildman–Crippen LogP) is 2.16.